The summed E-state index contributed by atoms with van der Waals surface area (Å²) >= 11 is 0. The first-order valence-corrected chi connectivity index (χ1v) is 9.22. The van der Waals surface area contributed by atoms with E-state index in [0.29, 0.717) is 49.2 Å². The van der Waals surface area contributed by atoms with Gasteiger partial charge < -0.3 is 15.1 Å². The maximum Gasteiger partial charge on any atom is 0.146 e. The van der Waals surface area contributed by atoms with Gasteiger partial charge in [-0.2, -0.15) is 0 Å². The predicted octanol–water partition coefficient (Wildman–Crippen LogP) is 4.13. The monoisotopic (exact) mass is 381 g/mol. The molecule has 1 aliphatic rings. The topological polar surface area (TPSA) is 44.3 Å². The summed E-state index contributed by atoms with van der Waals surface area (Å²) in [6, 6.07) is 15.1. The Morgan fingerprint density at radius 3 is 2.18 bits per heavy atom. The Labute approximate surface area is 162 Å². The third-order valence-corrected chi connectivity index (χ3v) is 4.76. The zero-order valence-electron chi connectivity index (χ0n) is 15.6. The highest BCUT2D eigenvalue weighted by molar-refractivity contribution is 5.60. The van der Waals surface area contributed by atoms with Crippen molar-refractivity contribution in [2.24, 2.45) is 0 Å². The third kappa shape index (κ3) is 3.88. The van der Waals surface area contributed by atoms with Crippen molar-refractivity contribution in [3.05, 3.63) is 72.1 Å². The molecule has 1 aliphatic heterocycles. The Balaban J connectivity index is 1.49. The molecule has 1 fully saturated rings. The molecule has 0 spiro atoms. The molecule has 0 atom stereocenters. The van der Waals surface area contributed by atoms with E-state index in [0.717, 1.165) is 5.82 Å². The molecular formula is C21H21F2N5. The van der Waals surface area contributed by atoms with Gasteiger partial charge in [-0.3, -0.25) is 0 Å². The van der Waals surface area contributed by atoms with Gasteiger partial charge in [0.1, 0.15) is 29.1 Å². The number of benzene rings is 2. The van der Waals surface area contributed by atoms with E-state index < -0.39 is 0 Å². The molecule has 144 valence electrons. The summed E-state index contributed by atoms with van der Waals surface area (Å²) in [5.74, 6) is 1.39. The van der Waals surface area contributed by atoms with Crippen LogP contribution < -0.4 is 15.1 Å². The number of anilines is 4. The molecule has 1 aromatic heterocycles. The number of para-hydroxylation sites is 2. The van der Waals surface area contributed by atoms with Crippen molar-refractivity contribution in [2.75, 3.05) is 41.3 Å². The molecular weight excluding hydrogens is 360 g/mol. The van der Waals surface area contributed by atoms with Gasteiger partial charge in [0, 0.05) is 32.2 Å². The number of aromatic nitrogens is 2. The molecule has 0 saturated carbocycles. The summed E-state index contributed by atoms with van der Waals surface area (Å²) < 4.78 is 27.9. The minimum absolute atomic E-state index is 0.204. The Bertz CT molecular complexity index is 971. The fraction of sp³-hybridized carbons (Fsp3) is 0.238. The van der Waals surface area contributed by atoms with Crippen LogP contribution in [0, 0.1) is 18.6 Å². The van der Waals surface area contributed by atoms with Crippen molar-refractivity contribution in [3.63, 3.8) is 0 Å². The van der Waals surface area contributed by atoms with E-state index in [1.807, 2.05) is 24.0 Å². The van der Waals surface area contributed by atoms with Crippen molar-refractivity contribution >= 4 is 23.0 Å². The lowest BCUT2D eigenvalue weighted by Gasteiger charge is -2.37. The van der Waals surface area contributed by atoms with Crippen molar-refractivity contribution in [1.82, 2.24) is 9.97 Å². The van der Waals surface area contributed by atoms with Gasteiger partial charge >= 0.3 is 0 Å². The molecule has 7 heteroatoms. The Hall–Kier alpha value is -3.22. The standard InChI is InChI=1S/C21H21F2N5/c1-15-24-20(26-18-8-4-2-6-16(18)22)14-21(25-15)28-12-10-27(11-13-28)19-9-5-3-7-17(19)23/h2-9,14H,10-13H2,1H3,(H,24,25,26). The number of aryl methyl sites for hydroxylation is 1. The van der Waals surface area contributed by atoms with Crippen molar-refractivity contribution < 1.29 is 8.78 Å². The molecule has 3 aromatic rings. The van der Waals surface area contributed by atoms with E-state index >= 15 is 0 Å². The molecule has 0 radical (unpaired) electrons. The normalized spacial score (nSPS) is 14.2. The van der Waals surface area contributed by atoms with E-state index in [1.54, 1.807) is 30.3 Å². The lowest BCUT2D eigenvalue weighted by molar-refractivity contribution is 0.596. The summed E-state index contributed by atoms with van der Waals surface area (Å²) in [5.41, 5.74) is 0.999. The number of piperazine rings is 1. The lowest BCUT2D eigenvalue weighted by atomic mass is 10.2. The smallest absolute Gasteiger partial charge is 0.146 e. The maximum absolute atomic E-state index is 14.0. The Morgan fingerprint density at radius 2 is 1.46 bits per heavy atom. The fourth-order valence-electron chi connectivity index (χ4n) is 3.36. The summed E-state index contributed by atoms with van der Waals surface area (Å²) in [5, 5.41) is 3.02. The van der Waals surface area contributed by atoms with Crippen LogP contribution >= 0.6 is 0 Å². The van der Waals surface area contributed by atoms with Crippen LogP contribution in [-0.2, 0) is 0 Å². The van der Waals surface area contributed by atoms with E-state index in [-0.39, 0.29) is 11.6 Å². The molecule has 2 heterocycles. The number of halogens is 2. The lowest BCUT2D eigenvalue weighted by Crippen LogP contribution is -2.47. The van der Waals surface area contributed by atoms with E-state index in [2.05, 4.69) is 20.2 Å². The Kier molecular flexibility index (Phi) is 5.06. The fourth-order valence-corrected chi connectivity index (χ4v) is 3.36. The number of nitrogens with zero attached hydrogens (tertiary/aromatic N) is 4. The molecule has 28 heavy (non-hydrogen) atoms. The van der Waals surface area contributed by atoms with Crippen LogP contribution in [0.5, 0.6) is 0 Å². The quantitative estimate of drug-likeness (QED) is 0.736. The van der Waals surface area contributed by atoms with Crippen LogP contribution in [0.2, 0.25) is 0 Å². The van der Waals surface area contributed by atoms with Gasteiger partial charge in [0.25, 0.3) is 0 Å². The number of hydrogen-bond donors (Lipinski definition) is 1. The van der Waals surface area contributed by atoms with Crippen molar-refractivity contribution in [1.29, 1.82) is 0 Å². The summed E-state index contributed by atoms with van der Waals surface area (Å²) in [7, 11) is 0. The number of hydrogen-bond acceptors (Lipinski definition) is 5. The largest absolute Gasteiger partial charge is 0.366 e. The third-order valence-electron chi connectivity index (χ3n) is 4.76. The van der Waals surface area contributed by atoms with Crippen LogP contribution in [0.25, 0.3) is 0 Å². The van der Waals surface area contributed by atoms with Gasteiger partial charge in [-0.1, -0.05) is 24.3 Å². The molecule has 5 nitrogen and oxygen atoms in total. The second kappa shape index (κ2) is 7.80. The average Bonchev–Trinajstić information content (AvgIpc) is 2.70. The molecule has 0 unspecified atom stereocenters. The van der Waals surface area contributed by atoms with Crippen LogP contribution in [-0.4, -0.2) is 36.1 Å². The van der Waals surface area contributed by atoms with Crippen molar-refractivity contribution in [3.8, 4) is 0 Å². The summed E-state index contributed by atoms with van der Waals surface area (Å²) in [6.45, 7) is 4.62. The molecule has 2 aromatic carbocycles. The van der Waals surface area contributed by atoms with E-state index in [9.17, 15) is 8.78 Å². The van der Waals surface area contributed by atoms with Crippen molar-refractivity contribution in [2.45, 2.75) is 6.92 Å². The van der Waals surface area contributed by atoms with E-state index in [1.165, 1.54) is 12.1 Å². The summed E-state index contributed by atoms with van der Waals surface area (Å²) in [4.78, 5) is 13.1. The highest BCUT2D eigenvalue weighted by Gasteiger charge is 2.21. The molecule has 1 N–H and O–H groups in total. The van der Waals surface area contributed by atoms with Gasteiger partial charge in [0.05, 0.1) is 11.4 Å². The number of nitrogens with one attached hydrogen (secondary N) is 1. The predicted molar refractivity (Wildman–Crippen MR) is 107 cm³/mol. The minimum Gasteiger partial charge on any atom is -0.366 e. The molecule has 4 rings (SSSR count). The number of rotatable bonds is 4. The van der Waals surface area contributed by atoms with Crippen LogP contribution in [0.15, 0.2) is 54.6 Å². The van der Waals surface area contributed by atoms with Gasteiger partial charge in [-0.05, 0) is 31.2 Å². The maximum atomic E-state index is 14.0. The van der Waals surface area contributed by atoms with Gasteiger partial charge in [-0.15, -0.1) is 0 Å². The average molecular weight is 381 g/mol. The first-order chi connectivity index (χ1) is 13.6. The zero-order valence-corrected chi connectivity index (χ0v) is 15.6. The summed E-state index contributed by atoms with van der Waals surface area (Å²) in [6.07, 6.45) is 0. The first-order valence-electron chi connectivity index (χ1n) is 9.22. The van der Waals surface area contributed by atoms with Crippen LogP contribution in [0.4, 0.5) is 31.8 Å². The van der Waals surface area contributed by atoms with Gasteiger partial charge in [0.2, 0.25) is 0 Å². The van der Waals surface area contributed by atoms with E-state index in [4.69, 9.17) is 0 Å². The first kappa shape index (κ1) is 18.2. The minimum atomic E-state index is -0.334. The molecule has 0 aliphatic carbocycles. The Morgan fingerprint density at radius 1 is 0.821 bits per heavy atom. The molecule has 1 saturated heterocycles. The van der Waals surface area contributed by atoms with Crippen LogP contribution in [0.1, 0.15) is 5.82 Å². The highest BCUT2D eigenvalue weighted by Crippen LogP contribution is 2.25. The molecule has 0 amide bonds. The SMILES string of the molecule is Cc1nc(Nc2ccccc2F)cc(N2CCN(c3ccccc3F)CC2)n1. The zero-order chi connectivity index (χ0) is 19.5. The second-order valence-electron chi connectivity index (χ2n) is 6.69. The second-order valence-corrected chi connectivity index (χ2v) is 6.69. The highest BCUT2D eigenvalue weighted by atomic mass is 19.1. The van der Waals surface area contributed by atoms with Crippen LogP contribution in [0.3, 0.4) is 0 Å². The van der Waals surface area contributed by atoms with Gasteiger partial charge in [-0.25, -0.2) is 18.7 Å². The van der Waals surface area contributed by atoms with Gasteiger partial charge in [0.15, 0.2) is 0 Å². The molecule has 0 bridgehead atoms.